The molecule has 6 atom stereocenters. The molecular weight excluding hydrogens is 544 g/mol. The number of amides is 4. The van der Waals surface area contributed by atoms with Crippen LogP contribution in [0.4, 0.5) is 5.69 Å². The number of imide groups is 2. The Morgan fingerprint density at radius 3 is 2.32 bits per heavy atom. The predicted molar refractivity (Wildman–Crippen MR) is 152 cm³/mol. The highest BCUT2D eigenvalue weighted by atomic mass is 35.5. The van der Waals surface area contributed by atoms with Crippen LogP contribution in [0, 0.1) is 29.1 Å². The monoisotopic (exact) mass is 576 g/mol. The molecule has 4 amide bonds. The summed E-state index contributed by atoms with van der Waals surface area (Å²) in [6, 6.07) is 12.1. The van der Waals surface area contributed by atoms with E-state index in [9.17, 15) is 24.3 Å². The number of allylic oxidation sites excluding steroid dienone is 2. The molecule has 4 aliphatic rings. The van der Waals surface area contributed by atoms with Crippen LogP contribution in [0.3, 0.4) is 0 Å². The second kappa shape index (κ2) is 9.18. The van der Waals surface area contributed by atoms with Crippen molar-refractivity contribution in [2.45, 2.75) is 52.0 Å². The van der Waals surface area contributed by atoms with Crippen molar-refractivity contribution in [3.63, 3.8) is 0 Å². The van der Waals surface area contributed by atoms with Gasteiger partial charge in [-0.05, 0) is 76.3 Å². The zero-order chi connectivity index (χ0) is 29.6. The van der Waals surface area contributed by atoms with Crippen molar-refractivity contribution in [2.75, 3.05) is 12.0 Å². The van der Waals surface area contributed by atoms with Gasteiger partial charge < -0.3 is 9.84 Å². The Hall–Kier alpha value is -3.65. The molecule has 9 heteroatoms. The SMILES string of the molecule is COc1cc(C2C3=CCC4C(=O)N(C(C)(C)C)C(=O)C4C3CC3C(=O)N(c4ccccc4)C(=O)C32C)cc(Cl)c1O. The number of carbonyl (C=O) groups is 4. The zero-order valence-corrected chi connectivity index (χ0v) is 24.4. The number of phenols is 1. The van der Waals surface area contributed by atoms with Crippen LogP contribution in [0.5, 0.6) is 11.5 Å². The first kappa shape index (κ1) is 27.5. The molecule has 3 fully saturated rings. The summed E-state index contributed by atoms with van der Waals surface area (Å²) in [6.07, 6.45) is 2.62. The van der Waals surface area contributed by atoms with Gasteiger partial charge in [0, 0.05) is 11.5 Å². The topological polar surface area (TPSA) is 104 Å². The van der Waals surface area contributed by atoms with Crippen molar-refractivity contribution < 1.29 is 29.0 Å². The number of likely N-dealkylation sites (tertiary alicyclic amines) is 1. The lowest BCUT2D eigenvalue weighted by Crippen LogP contribution is -2.49. The van der Waals surface area contributed by atoms with E-state index in [0.717, 1.165) is 5.57 Å². The first-order chi connectivity index (χ1) is 19.3. The molecule has 1 saturated carbocycles. The van der Waals surface area contributed by atoms with Crippen LogP contribution in [0.1, 0.15) is 52.0 Å². The maximum atomic E-state index is 14.4. The van der Waals surface area contributed by atoms with E-state index in [1.165, 1.54) is 16.9 Å². The predicted octanol–water partition coefficient (Wildman–Crippen LogP) is 5.08. The molecule has 6 unspecified atom stereocenters. The van der Waals surface area contributed by atoms with E-state index < -0.39 is 40.5 Å². The first-order valence-electron chi connectivity index (χ1n) is 13.9. The van der Waals surface area contributed by atoms with Crippen LogP contribution in [0.15, 0.2) is 54.1 Å². The summed E-state index contributed by atoms with van der Waals surface area (Å²) in [6.45, 7) is 7.34. The van der Waals surface area contributed by atoms with Crippen LogP contribution in [-0.4, -0.2) is 46.3 Å². The molecule has 2 aromatic rings. The third-order valence-electron chi connectivity index (χ3n) is 9.56. The molecule has 2 aromatic carbocycles. The number of carbonyl (C=O) groups excluding carboxylic acids is 4. The maximum Gasteiger partial charge on any atom is 0.241 e. The van der Waals surface area contributed by atoms with Gasteiger partial charge in [-0.1, -0.05) is 41.4 Å². The molecule has 0 aromatic heterocycles. The number of nitrogens with zero attached hydrogens (tertiary/aromatic N) is 2. The highest BCUT2D eigenvalue weighted by Crippen LogP contribution is 2.64. The Morgan fingerprint density at radius 1 is 1.00 bits per heavy atom. The average molecular weight is 577 g/mol. The number of halogens is 1. The van der Waals surface area contributed by atoms with Crippen molar-refractivity contribution in [2.24, 2.45) is 29.1 Å². The summed E-state index contributed by atoms with van der Waals surface area (Å²) in [4.78, 5) is 58.6. The van der Waals surface area contributed by atoms with E-state index in [-0.39, 0.29) is 46.6 Å². The Labute approximate surface area is 243 Å². The quantitative estimate of drug-likeness (QED) is 0.403. The summed E-state index contributed by atoms with van der Waals surface area (Å²) in [5.41, 5.74) is 0.0471. The number of hydrogen-bond donors (Lipinski definition) is 1. The normalized spacial score (nSPS) is 31.2. The molecule has 214 valence electrons. The molecule has 0 radical (unpaired) electrons. The molecule has 8 nitrogen and oxygen atoms in total. The van der Waals surface area contributed by atoms with E-state index in [0.29, 0.717) is 17.7 Å². The number of ether oxygens (including phenoxy) is 1. The second-order valence-corrected chi connectivity index (χ2v) is 13.1. The minimum atomic E-state index is -1.21. The fraction of sp³-hybridized carbons (Fsp3) is 0.438. The van der Waals surface area contributed by atoms with E-state index in [1.54, 1.807) is 36.4 Å². The van der Waals surface area contributed by atoms with Gasteiger partial charge in [-0.2, -0.15) is 0 Å². The molecule has 41 heavy (non-hydrogen) atoms. The summed E-state index contributed by atoms with van der Waals surface area (Å²) in [5.74, 6) is -4.12. The minimum absolute atomic E-state index is 0.0543. The summed E-state index contributed by atoms with van der Waals surface area (Å²) in [7, 11) is 1.42. The van der Waals surface area contributed by atoms with Gasteiger partial charge in [0.1, 0.15) is 0 Å². The number of phenolic OH excluding ortho intramolecular Hbond substituents is 1. The van der Waals surface area contributed by atoms with Crippen LogP contribution in [0.25, 0.3) is 0 Å². The minimum Gasteiger partial charge on any atom is -0.503 e. The molecule has 2 saturated heterocycles. The number of rotatable bonds is 3. The van der Waals surface area contributed by atoms with Crippen molar-refractivity contribution in [3.8, 4) is 11.5 Å². The Bertz CT molecular complexity index is 1530. The van der Waals surface area contributed by atoms with Gasteiger partial charge in [0.25, 0.3) is 0 Å². The van der Waals surface area contributed by atoms with Gasteiger partial charge in [-0.25, -0.2) is 4.90 Å². The van der Waals surface area contributed by atoms with Gasteiger partial charge in [0.05, 0.1) is 41.0 Å². The highest BCUT2D eigenvalue weighted by Gasteiger charge is 2.68. The van der Waals surface area contributed by atoms with Crippen LogP contribution >= 0.6 is 11.6 Å². The molecule has 0 spiro atoms. The first-order valence-corrected chi connectivity index (χ1v) is 14.3. The summed E-state index contributed by atoms with van der Waals surface area (Å²) in [5, 5.41) is 10.5. The Morgan fingerprint density at radius 2 is 1.68 bits per heavy atom. The number of methoxy groups -OCH3 is 1. The van der Waals surface area contributed by atoms with E-state index in [4.69, 9.17) is 16.3 Å². The summed E-state index contributed by atoms with van der Waals surface area (Å²) < 4.78 is 5.41. The Kier molecular flexibility index (Phi) is 6.16. The molecule has 1 N–H and O–H groups in total. The smallest absolute Gasteiger partial charge is 0.241 e. The summed E-state index contributed by atoms with van der Waals surface area (Å²) >= 11 is 6.45. The largest absolute Gasteiger partial charge is 0.503 e. The van der Waals surface area contributed by atoms with Gasteiger partial charge in [0.2, 0.25) is 23.6 Å². The molecular formula is C32H33ClN2O6. The lowest BCUT2D eigenvalue weighted by Gasteiger charge is -2.49. The lowest BCUT2D eigenvalue weighted by atomic mass is 9.51. The number of aromatic hydroxyl groups is 1. The van der Waals surface area contributed by atoms with Gasteiger partial charge in [-0.3, -0.25) is 24.1 Å². The number of anilines is 1. The van der Waals surface area contributed by atoms with Gasteiger partial charge in [-0.15, -0.1) is 0 Å². The third kappa shape index (κ3) is 3.72. The number of fused-ring (bicyclic) bond motifs is 4. The Balaban J connectivity index is 1.55. The fourth-order valence-electron chi connectivity index (χ4n) is 7.80. The van der Waals surface area contributed by atoms with Crippen molar-refractivity contribution in [3.05, 3.63) is 64.7 Å². The van der Waals surface area contributed by atoms with Crippen LogP contribution in [-0.2, 0) is 19.2 Å². The number of benzene rings is 2. The number of para-hydroxylation sites is 1. The molecule has 0 bridgehead atoms. The average Bonchev–Trinajstić information content (AvgIpc) is 3.30. The van der Waals surface area contributed by atoms with Crippen molar-refractivity contribution >= 4 is 40.9 Å². The highest BCUT2D eigenvalue weighted by molar-refractivity contribution is 6.32. The third-order valence-corrected chi connectivity index (χ3v) is 9.85. The fourth-order valence-corrected chi connectivity index (χ4v) is 8.01. The maximum absolute atomic E-state index is 14.4. The van der Waals surface area contributed by atoms with E-state index >= 15 is 0 Å². The van der Waals surface area contributed by atoms with E-state index in [1.807, 2.05) is 39.8 Å². The van der Waals surface area contributed by atoms with Gasteiger partial charge in [0.15, 0.2) is 11.5 Å². The number of hydrogen-bond acceptors (Lipinski definition) is 6. The van der Waals surface area contributed by atoms with Crippen molar-refractivity contribution in [1.29, 1.82) is 0 Å². The van der Waals surface area contributed by atoms with Gasteiger partial charge >= 0.3 is 0 Å². The van der Waals surface area contributed by atoms with Crippen molar-refractivity contribution in [1.82, 2.24) is 4.90 Å². The molecule has 2 heterocycles. The molecule has 2 aliphatic carbocycles. The van der Waals surface area contributed by atoms with Crippen LogP contribution in [0.2, 0.25) is 5.02 Å². The lowest BCUT2D eigenvalue weighted by molar-refractivity contribution is -0.145. The molecule has 2 aliphatic heterocycles. The van der Waals surface area contributed by atoms with E-state index in [2.05, 4.69) is 0 Å². The second-order valence-electron chi connectivity index (χ2n) is 12.7. The standard InChI is InChI=1S/C32H33ClN2O6/c1-31(2,3)35-27(37)19-12-11-18-20(24(19)29(35)39)15-21-28(38)34(17-9-7-6-8-10-17)30(40)32(21,4)25(18)16-13-22(33)26(36)23(14-16)41-5/h6-11,13-14,19-21,24-25,36H,12,15H2,1-5H3. The zero-order valence-electron chi connectivity index (χ0n) is 23.7. The van der Waals surface area contributed by atoms with Crippen LogP contribution < -0.4 is 9.64 Å². The molecule has 6 rings (SSSR count).